The normalized spacial score (nSPS) is 11.0. The SMILES string of the molecule is CCCCc1oc2cccc(C(=O)OC(C)C)c2c1C(=O)c1ccc(CCCN(CCCC)CCCC)cc1.O=C(O)C(=O)O. The Balaban J connectivity index is 0.00000107. The van der Waals surface area contributed by atoms with Gasteiger partial charge in [-0.05, 0) is 83.3 Å². The van der Waals surface area contributed by atoms with Crippen molar-refractivity contribution in [2.75, 3.05) is 19.6 Å². The summed E-state index contributed by atoms with van der Waals surface area (Å²) in [5.41, 5.74) is 3.27. The minimum Gasteiger partial charge on any atom is -0.473 e. The molecule has 0 fully saturated rings. The fourth-order valence-corrected chi connectivity index (χ4v) is 4.97. The summed E-state index contributed by atoms with van der Waals surface area (Å²) in [6.45, 7) is 13.7. The van der Waals surface area contributed by atoms with Crippen LogP contribution in [-0.2, 0) is 27.2 Å². The number of aryl methyl sites for hydroxylation is 2. The van der Waals surface area contributed by atoms with Crippen molar-refractivity contribution in [2.45, 2.75) is 98.5 Å². The number of rotatable bonds is 17. The fourth-order valence-electron chi connectivity index (χ4n) is 4.97. The van der Waals surface area contributed by atoms with Crippen molar-refractivity contribution in [2.24, 2.45) is 0 Å². The average Bonchev–Trinajstić information content (AvgIpc) is 3.39. The maximum atomic E-state index is 13.9. The number of ether oxygens (including phenoxy) is 1. The summed E-state index contributed by atoms with van der Waals surface area (Å²) < 4.78 is 11.7. The van der Waals surface area contributed by atoms with Gasteiger partial charge in [0.15, 0.2) is 5.78 Å². The smallest absolute Gasteiger partial charge is 0.414 e. The molecule has 0 aliphatic rings. The summed E-state index contributed by atoms with van der Waals surface area (Å²) in [5.74, 6) is -3.55. The van der Waals surface area contributed by atoms with E-state index in [1.54, 1.807) is 12.1 Å². The number of carbonyl (C=O) groups excluding carboxylic acids is 2. The molecule has 3 aromatic rings. The second-order valence-corrected chi connectivity index (χ2v) is 11.4. The summed E-state index contributed by atoms with van der Waals surface area (Å²) >= 11 is 0. The number of hydrogen-bond donors (Lipinski definition) is 2. The Hall–Kier alpha value is -3.98. The van der Waals surface area contributed by atoms with E-state index in [1.807, 2.05) is 32.0 Å². The molecular formula is C36H49NO8. The Morgan fingerprint density at radius 2 is 1.36 bits per heavy atom. The molecule has 0 radical (unpaired) electrons. The van der Waals surface area contributed by atoms with E-state index in [9.17, 15) is 9.59 Å². The number of carboxylic acid groups (broad SMARTS) is 2. The largest absolute Gasteiger partial charge is 0.473 e. The lowest BCUT2D eigenvalue weighted by Gasteiger charge is -2.21. The molecule has 2 N–H and O–H groups in total. The van der Waals surface area contributed by atoms with E-state index in [-0.39, 0.29) is 11.9 Å². The van der Waals surface area contributed by atoms with Crippen molar-refractivity contribution < 1.29 is 38.5 Å². The first-order valence-corrected chi connectivity index (χ1v) is 16.1. The Labute approximate surface area is 266 Å². The first-order valence-electron chi connectivity index (χ1n) is 16.1. The minimum atomic E-state index is -1.82. The first-order chi connectivity index (χ1) is 21.5. The maximum absolute atomic E-state index is 13.9. The lowest BCUT2D eigenvalue weighted by atomic mass is 9.95. The zero-order chi connectivity index (χ0) is 33.4. The predicted octanol–water partition coefficient (Wildman–Crippen LogP) is 7.56. The topological polar surface area (TPSA) is 134 Å². The van der Waals surface area contributed by atoms with Crippen LogP contribution in [0.2, 0.25) is 0 Å². The number of nitrogens with zero attached hydrogens (tertiary/aromatic N) is 1. The standard InChI is InChI=1S/C34H47NO4.C2H2O4/c1-6-9-16-30-32(31-28(34(37)38-25(4)5)15-12-17-29(31)39-30)33(36)27-20-18-26(19-21-27)14-13-24-35(22-10-7-2)23-11-8-3;3-1(4)2(5)6/h12,15,17-21,25H,6-11,13-14,16,22-24H2,1-5H3;(H,3,4)(H,5,6). The van der Waals surface area contributed by atoms with E-state index in [2.05, 4.69) is 37.8 Å². The number of ketones is 1. The summed E-state index contributed by atoms with van der Waals surface area (Å²) in [6.07, 6.45) is 9.33. The van der Waals surface area contributed by atoms with Gasteiger partial charge >= 0.3 is 17.9 Å². The highest BCUT2D eigenvalue weighted by molar-refractivity contribution is 6.27. The van der Waals surface area contributed by atoms with Gasteiger partial charge in [-0.2, -0.15) is 0 Å². The Kier molecular flexibility index (Phi) is 16.1. The molecule has 9 nitrogen and oxygen atoms in total. The van der Waals surface area contributed by atoms with Crippen LogP contribution in [0.4, 0.5) is 0 Å². The molecule has 0 amide bonds. The molecule has 1 heterocycles. The third kappa shape index (κ3) is 11.8. The van der Waals surface area contributed by atoms with Crippen molar-refractivity contribution in [1.82, 2.24) is 4.90 Å². The second kappa shape index (κ2) is 19.4. The van der Waals surface area contributed by atoms with Gasteiger partial charge in [-0.3, -0.25) is 4.79 Å². The van der Waals surface area contributed by atoms with Crippen LogP contribution in [0.1, 0.15) is 117 Å². The molecule has 45 heavy (non-hydrogen) atoms. The molecule has 3 rings (SSSR count). The maximum Gasteiger partial charge on any atom is 0.414 e. The van der Waals surface area contributed by atoms with E-state index >= 15 is 0 Å². The quantitative estimate of drug-likeness (QED) is 0.0887. The number of carbonyl (C=O) groups is 4. The molecule has 0 atom stereocenters. The molecule has 1 aromatic heterocycles. The van der Waals surface area contributed by atoms with Crippen LogP contribution in [0.3, 0.4) is 0 Å². The van der Waals surface area contributed by atoms with Gasteiger partial charge in [0.05, 0.1) is 17.2 Å². The van der Waals surface area contributed by atoms with Gasteiger partial charge in [0, 0.05) is 17.4 Å². The van der Waals surface area contributed by atoms with E-state index in [0.29, 0.717) is 39.8 Å². The molecule has 246 valence electrons. The monoisotopic (exact) mass is 623 g/mol. The molecule has 0 bridgehead atoms. The number of unbranched alkanes of at least 4 members (excludes halogenated alkanes) is 3. The van der Waals surface area contributed by atoms with Crippen LogP contribution in [0.25, 0.3) is 11.0 Å². The van der Waals surface area contributed by atoms with Crippen LogP contribution in [0.15, 0.2) is 46.9 Å². The van der Waals surface area contributed by atoms with E-state index < -0.39 is 17.9 Å². The van der Waals surface area contributed by atoms with Crippen molar-refractivity contribution in [3.8, 4) is 0 Å². The Morgan fingerprint density at radius 1 is 0.778 bits per heavy atom. The number of fused-ring (bicyclic) bond motifs is 1. The number of benzene rings is 2. The summed E-state index contributed by atoms with van der Waals surface area (Å²) in [6, 6.07) is 13.3. The third-order valence-electron chi connectivity index (χ3n) is 7.33. The molecule has 0 spiro atoms. The predicted molar refractivity (Wildman–Crippen MR) is 175 cm³/mol. The number of furan rings is 1. The highest BCUT2D eigenvalue weighted by Gasteiger charge is 2.26. The number of hydrogen-bond acceptors (Lipinski definition) is 7. The van der Waals surface area contributed by atoms with Crippen molar-refractivity contribution in [3.63, 3.8) is 0 Å². The van der Waals surface area contributed by atoms with Crippen LogP contribution < -0.4 is 0 Å². The lowest BCUT2D eigenvalue weighted by molar-refractivity contribution is -0.159. The zero-order valence-electron chi connectivity index (χ0n) is 27.4. The van der Waals surface area contributed by atoms with Crippen molar-refractivity contribution in [1.29, 1.82) is 0 Å². The van der Waals surface area contributed by atoms with Gasteiger partial charge in [-0.25, -0.2) is 14.4 Å². The lowest BCUT2D eigenvalue weighted by Crippen LogP contribution is -2.27. The van der Waals surface area contributed by atoms with Gasteiger partial charge in [0.25, 0.3) is 0 Å². The van der Waals surface area contributed by atoms with E-state index in [0.717, 1.165) is 32.2 Å². The van der Waals surface area contributed by atoms with Gasteiger partial charge in [-0.1, -0.05) is 70.4 Å². The number of aliphatic carboxylic acids is 2. The molecule has 0 saturated carbocycles. The number of carboxylic acids is 2. The zero-order valence-corrected chi connectivity index (χ0v) is 27.4. The molecular weight excluding hydrogens is 574 g/mol. The Morgan fingerprint density at radius 3 is 1.89 bits per heavy atom. The van der Waals surface area contributed by atoms with Crippen LogP contribution in [0.5, 0.6) is 0 Å². The first kappa shape index (κ1) is 37.2. The molecule has 0 aliphatic heterocycles. The summed E-state index contributed by atoms with van der Waals surface area (Å²) in [4.78, 5) is 47.6. The minimum absolute atomic E-state index is 0.110. The van der Waals surface area contributed by atoms with Gasteiger partial charge in [0.1, 0.15) is 11.3 Å². The molecule has 0 unspecified atom stereocenters. The average molecular weight is 624 g/mol. The second-order valence-electron chi connectivity index (χ2n) is 11.4. The van der Waals surface area contributed by atoms with Gasteiger partial charge in [0.2, 0.25) is 0 Å². The summed E-state index contributed by atoms with van der Waals surface area (Å²) in [5, 5.41) is 15.3. The number of esters is 1. The van der Waals surface area contributed by atoms with E-state index in [1.165, 1.54) is 44.3 Å². The molecule has 0 aliphatic carbocycles. The molecule has 9 heteroatoms. The Bertz CT molecular complexity index is 1370. The fraction of sp³-hybridized carbons (Fsp3) is 0.500. The molecule has 2 aromatic carbocycles. The van der Waals surface area contributed by atoms with Crippen LogP contribution >= 0.6 is 0 Å². The van der Waals surface area contributed by atoms with Crippen molar-refractivity contribution >= 4 is 34.7 Å². The van der Waals surface area contributed by atoms with Crippen LogP contribution in [0, 0.1) is 0 Å². The molecule has 0 saturated heterocycles. The van der Waals surface area contributed by atoms with Crippen molar-refractivity contribution in [3.05, 3.63) is 70.5 Å². The van der Waals surface area contributed by atoms with Crippen LogP contribution in [-0.4, -0.2) is 64.5 Å². The highest BCUT2D eigenvalue weighted by atomic mass is 16.5. The highest BCUT2D eigenvalue weighted by Crippen LogP contribution is 2.33. The van der Waals surface area contributed by atoms with Gasteiger partial charge < -0.3 is 24.3 Å². The summed E-state index contributed by atoms with van der Waals surface area (Å²) in [7, 11) is 0. The van der Waals surface area contributed by atoms with Gasteiger partial charge in [-0.15, -0.1) is 0 Å². The van der Waals surface area contributed by atoms with E-state index in [4.69, 9.17) is 29.0 Å². The third-order valence-corrected chi connectivity index (χ3v) is 7.33.